The summed E-state index contributed by atoms with van der Waals surface area (Å²) < 4.78 is 7.82. The van der Waals surface area contributed by atoms with Crippen LogP contribution in [0, 0.1) is 0 Å². The Balaban J connectivity index is 2.39. The van der Waals surface area contributed by atoms with Gasteiger partial charge in [0.05, 0.1) is 12.3 Å². The number of imidazole rings is 1. The Labute approximate surface area is 116 Å². The maximum absolute atomic E-state index is 6.00. The minimum atomic E-state index is -0.433. The lowest BCUT2D eigenvalue weighted by atomic mass is 10.1. The topological polar surface area (TPSA) is 52.8 Å². The third-order valence-corrected chi connectivity index (χ3v) is 3.46. The highest BCUT2D eigenvalue weighted by molar-refractivity contribution is 6.28. The van der Waals surface area contributed by atoms with Crippen molar-refractivity contribution in [3.05, 3.63) is 23.4 Å². The third kappa shape index (κ3) is 1.84. The van der Waals surface area contributed by atoms with E-state index in [0.29, 0.717) is 12.3 Å². The molecule has 6 heteroatoms. The number of ether oxygens (including phenoxy) is 1. The van der Waals surface area contributed by atoms with Crippen LogP contribution in [-0.4, -0.2) is 26.1 Å². The first-order valence-corrected chi connectivity index (χ1v) is 6.52. The number of allylic oxidation sites excluding steroid dienone is 1. The zero-order valence-electron chi connectivity index (χ0n) is 11.2. The Morgan fingerprint density at radius 3 is 2.79 bits per heavy atom. The van der Waals surface area contributed by atoms with Crippen LogP contribution < -0.4 is 0 Å². The van der Waals surface area contributed by atoms with Gasteiger partial charge in [0.2, 0.25) is 5.28 Å². The van der Waals surface area contributed by atoms with Gasteiger partial charge in [0.1, 0.15) is 16.9 Å². The molecule has 0 aromatic carbocycles. The van der Waals surface area contributed by atoms with Crippen LogP contribution in [0.3, 0.4) is 0 Å². The predicted molar refractivity (Wildman–Crippen MR) is 74.0 cm³/mol. The predicted octanol–water partition coefficient (Wildman–Crippen LogP) is 2.78. The number of hydrogen-bond donors (Lipinski definition) is 0. The van der Waals surface area contributed by atoms with E-state index in [1.165, 1.54) is 0 Å². The Hall–Kier alpha value is -1.46. The number of rotatable bonds is 1. The Bertz CT molecular complexity index is 689. The van der Waals surface area contributed by atoms with Gasteiger partial charge in [-0.15, -0.1) is 0 Å². The third-order valence-electron chi connectivity index (χ3n) is 3.29. The lowest BCUT2D eigenvalue weighted by Crippen LogP contribution is -2.33. The van der Waals surface area contributed by atoms with Gasteiger partial charge >= 0.3 is 0 Å². The summed E-state index contributed by atoms with van der Waals surface area (Å²) in [5, 5.41) is 0.220. The van der Waals surface area contributed by atoms with E-state index < -0.39 is 5.60 Å². The van der Waals surface area contributed by atoms with E-state index in [1.54, 1.807) is 0 Å². The first kappa shape index (κ1) is 12.6. The van der Waals surface area contributed by atoms with E-state index >= 15 is 0 Å². The summed E-state index contributed by atoms with van der Waals surface area (Å²) in [6.07, 6.45) is 0. The minimum Gasteiger partial charge on any atom is -0.366 e. The van der Waals surface area contributed by atoms with Gasteiger partial charge < -0.3 is 9.30 Å². The highest BCUT2D eigenvalue weighted by Crippen LogP contribution is 2.32. The van der Waals surface area contributed by atoms with Crippen LogP contribution in [0.1, 0.15) is 32.3 Å². The van der Waals surface area contributed by atoms with Gasteiger partial charge in [0.25, 0.3) is 0 Å². The maximum atomic E-state index is 6.00. The summed E-state index contributed by atoms with van der Waals surface area (Å²) in [6, 6.07) is 0. The van der Waals surface area contributed by atoms with Crippen molar-refractivity contribution >= 4 is 28.3 Å². The second-order valence-electron chi connectivity index (χ2n) is 5.24. The van der Waals surface area contributed by atoms with Gasteiger partial charge in [0.15, 0.2) is 5.65 Å². The quantitative estimate of drug-likeness (QED) is 0.753. The summed E-state index contributed by atoms with van der Waals surface area (Å²) in [7, 11) is 0. The van der Waals surface area contributed by atoms with E-state index in [-0.39, 0.29) is 5.28 Å². The van der Waals surface area contributed by atoms with Crippen molar-refractivity contribution in [3.63, 3.8) is 0 Å². The molecular formula is C13H15ClN4O. The largest absolute Gasteiger partial charge is 0.366 e. The molecule has 0 aliphatic carbocycles. The maximum Gasteiger partial charge on any atom is 0.225 e. The van der Waals surface area contributed by atoms with E-state index in [2.05, 4.69) is 26.1 Å². The first-order valence-electron chi connectivity index (χ1n) is 6.14. The number of fused-ring (bicyclic) bond motifs is 3. The van der Waals surface area contributed by atoms with E-state index in [1.807, 2.05) is 20.8 Å². The van der Waals surface area contributed by atoms with Crippen LogP contribution in [0.15, 0.2) is 6.58 Å². The summed E-state index contributed by atoms with van der Waals surface area (Å²) in [5.41, 5.74) is 2.59. The lowest BCUT2D eigenvalue weighted by Gasteiger charge is -2.30. The van der Waals surface area contributed by atoms with E-state index in [0.717, 1.165) is 29.1 Å². The number of nitrogens with zero attached hydrogens (tertiary/aromatic N) is 4. The van der Waals surface area contributed by atoms with E-state index in [9.17, 15) is 0 Å². The van der Waals surface area contributed by atoms with Crippen LogP contribution in [0.25, 0.3) is 16.7 Å². The standard InChI is InChI=1S/C13H15ClN4O/c1-7(2)8-9-10(17-12(14)16-8)18-5-6-19-13(3,4)11(18)15-9/h1,5-6H2,2-4H3. The van der Waals surface area contributed by atoms with Crippen molar-refractivity contribution in [1.29, 1.82) is 0 Å². The molecule has 0 atom stereocenters. The average molecular weight is 279 g/mol. The average Bonchev–Trinajstić information content (AvgIpc) is 2.68. The van der Waals surface area contributed by atoms with E-state index in [4.69, 9.17) is 16.3 Å². The van der Waals surface area contributed by atoms with Crippen molar-refractivity contribution in [2.24, 2.45) is 0 Å². The normalized spacial score (nSPS) is 17.5. The fraction of sp³-hybridized carbons (Fsp3) is 0.462. The van der Waals surface area contributed by atoms with Gasteiger partial charge in [0, 0.05) is 6.54 Å². The Kier molecular flexibility index (Phi) is 2.66. The summed E-state index contributed by atoms with van der Waals surface area (Å²) in [5.74, 6) is 0.854. The van der Waals surface area contributed by atoms with Crippen LogP contribution >= 0.6 is 11.6 Å². The first-order chi connectivity index (χ1) is 8.90. The van der Waals surface area contributed by atoms with Gasteiger partial charge in [-0.25, -0.2) is 9.97 Å². The van der Waals surface area contributed by atoms with Gasteiger partial charge in [-0.2, -0.15) is 4.98 Å². The molecule has 0 saturated carbocycles. The van der Waals surface area contributed by atoms with Crippen molar-refractivity contribution in [1.82, 2.24) is 19.5 Å². The molecule has 0 amide bonds. The molecule has 0 spiro atoms. The minimum absolute atomic E-state index is 0.220. The molecule has 3 heterocycles. The monoisotopic (exact) mass is 278 g/mol. The van der Waals surface area contributed by atoms with Crippen LogP contribution in [0.4, 0.5) is 0 Å². The fourth-order valence-electron chi connectivity index (χ4n) is 2.40. The fourth-order valence-corrected chi connectivity index (χ4v) is 2.56. The van der Waals surface area contributed by atoms with Crippen molar-refractivity contribution < 1.29 is 4.74 Å². The number of hydrogen-bond acceptors (Lipinski definition) is 4. The molecular weight excluding hydrogens is 264 g/mol. The Morgan fingerprint density at radius 1 is 1.37 bits per heavy atom. The van der Waals surface area contributed by atoms with Gasteiger partial charge in [-0.1, -0.05) is 6.58 Å². The molecule has 3 rings (SSSR count). The molecule has 100 valence electrons. The molecule has 2 aromatic rings. The second-order valence-corrected chi connectivity index (χ2v) is 5.58. The molecule has 0 unspecified atom stereocenters. The van der Waals surface area contributed by atoms with Crippen molar-refractivity contribution in [3.8, 4) is 0 Å². The van der Waals surface area contributed by atoms with Crippen molar-refractivity contribution in [2.45, 2.75) is 32.9 Å². The molecule has 0 N–H and O–H groups in total. The summed E-state index contributed by atoms with van der Waals surface area (Å²) in [4.78, 5) is 13.2. The van der Waals surface area contributed by atoms with Crippen molar-refractivity contribution in [2.75, 3.05) is 6.61 Å². The van der Waals surface area contributed by atoms with Gasteiger partial charge in [-0.3, -0.25) is 0 Å². The van der Waals surface area contributed by atoms with Crippen LogP contribution in [-0.2, 0) is 16.9 Å². The molecule has 1 aliphatic rings. The molecule has 2 aromatic heterocycles. The van der Waals surface area contributed by atoms with Crippen LogP contribution in [0.2, 0.25) is 5.28 Å². The lowest BCUT2D eigenvalue weighted by molar-refractivity contribution is -0.0530. The summed E-state index contributed by atoms with van der Waals surface area (Å²) >= 11 is 6.00. The van der Waals surface area contributed by atoms with Gasteiger partial charge in [-0.05, 0) is 37.9 Å². The molecule has 1 aliphatic heterocycles. The Morgan fingerprint density at radius 2 is 2.11 bits per heavy atom. The number of halogens is 1. The smallest absolute Gasteiger partial charge is 0.225 e. The molecule has 0 fully saturated rings. The second kappa shape index (κ2) is 4.02. The molecule has 5 nitrogen and oxygen atoms in total. The zero-order chi connectivity index (χ0) is 13.8. The highest BCUT2D eigenvalue weighted by atomic mass is 35.5. The molecule has 0 saturated heterocycles. The van der Waals surface area contributed by atoms with Crippen LogP contribution in [0.5, 0.6) is 0 Å². The molecule has 0 radical (unpaired) electrons. The zero-order valence-corrected chi connectivity index (χ0v) is 12.0. The molecule has 19 heavy (non-hydrogen) atoms. The molecule has 0 bridgehead atoms. The summed E-state index contributed by atoms with van der Waals surface area (Å²) in [6.45, 7) is 11.2. The highest BCUT2D eigenvalue weighted by Gasteiger charge is 2.33. The number of aromatic nitrogens is 4. The SMILES string of the molecule is C=C(C)c1nc(Cl)nc2c1nc1n2CCOC1(C)C.